The summed E-state index contributed by atoms with van der Waals surface area (Å²) in [7, 11) is 5.10. The van der Waals surface area contributed by atoms with Gasteiger partial charge in [-0.15, -0.1) is 35.3 Å². The summed E-state index contributed by atoms with van der Waals surface area (Å²) in [5.41, 5.74) is 1.91. The second-order valence-electron chi connectivity index (χ2n) is 5.47. The van der Waals surface area contributed by atoms with Crippen LogP contribution in [0.15, 0.2) is 23.2 Å². The molecule has 0 unspecified atom stereocenters. The summed E-state index contributed by atoms with van der Waals surface area (Å²) in [6.07, 6.45) is 0. The molecule has 0 saturated heterocycles. The van der Waals surface area contributed by atoms with E-state index in [1.807, 2.05) is 24.9 Å². The lowest BCUT2D eigenvalue weighted by Crippen LogP contribution is -2.38. The quantitative estimate of drug-likeness (QED) is 0.404. The fourth-order valence-corrected chi connectivity index (χ4v) is 3.18. The van der Waals surface area contributed by atoms with Crippen LogP contribution in [0.2, 0.25) is 0 Å². The molecule has 138 valence electrons. The molecular formula is C17H24FIN4OS. The zero-order chi connectivity index (χ0) is 17.7. The van der Waals surface area contributed by atoms with E-state index in [1.54, 1.807) is 24.5 Å². The van der Waals surface area contributed by atoms with Gasteiger partial charge in [-0.25, -0.2) is 9.37 Å². The number of halogens is 2. The number of nitrogens with one attached hydrogen (secondary N) is 1. The van der Waals surface area contributed by atoms with Crippen LogP contribution in [0, 0.1) is 19.7 Å². The van der Waals surface area contributed by atoms with Crippen molar-refractivity contribution < 1.29 is 9.13 Å². The lowest BCUT2D eigenvalue weighted by atomic mass is 10.2. The monoisotopic (exact) mass is 478 g/mol. The van der Waals surface area contributed by atoms with Gasteiger partial charge in [-0.05, 0) is 31.5 Å². The minimum absolute atomic E-state index is 0. The van der Waals surface area contributed by atoms with Crippen molar-refractivity contribution in [1.82, 2.24) is 15.2 Å². The predicted octanol–water partition coefficient (Wildman–Crippen LogP) is 3.73. The number of rotatable bonds is 5. The van der Waals surface area contributed by atoms with E-state index in [2.05, 4.69) is 22.2 Å². The van der Waals surface area contributed by atoms with E-state index < -0.39 is 0 Å². The lowest BCUT2D eigenvalue weighted by Gasteiger charge is -2.22. The second kappa shape index (κ2) is 9.91. The summed E-state index contributed by atoms with van der Waals surface area (Å²) in [5.74, 6) is 0.621. The average Bonchev–Trinajstić information content (AvgIpc) is 2.86. The highest BCUT2D eigenvalue weighted by atomic mass is 127. The Morgan fingerprint density at radius 1 is 1.40 bits per heavy atom. The molecule has 0 fully saturated rings. The van der Waals surface area contributed by atoms with E-state index in [-0.39, 0.29) is 35.5 Å². The molecule has 8 heteroatoms. The summed E-state index contributed by atoms with van der Waals surface area (Å²) >= 11 is 1.68. The Morgan fingerprint density at radius 3 is 2.64 bits per heavy atom. The number of ether oxygens (including phenoxy) is 1. The Balaban J connectivity index is 0.00000312. The van der Waals surface area contributed by atoms with Crippen molar-refractivity contribution in [2.75, 3.05) is 21.2 Å². The summed E-state index contributed by atoms with van der Waals surface area (Å²) in [6.45, 7) is 5.23. The van der Waals surface area contributed by atoms with Gasteiger partial charge >= 0.3 is 0 Å². The summed E-state index contributed by atoms with van der Waals surface area (Å²) in [5, 5.41) is 4.31. The first-order chi connectivity index (χ1) is 11.4. The number of hydrogen-bond donors (Lipinski definition) is 1. The van der Waals surface area contributed by atoms with Crippen LogP contribution in [-0.4, -0.2) is 37.0 Å². The average molecular weight is 478 g/mol. The van der Waals surface area contributed by atoms with Crippen LogP contribution >= 0.6 is 35.3 Å². The molecule has 0 aliphatic carbocycles. The second-order valence-corrected chi connectivity index (χ2v) is 6.76. The van der Waals surface area contributed by atoms with Crippen LogP contribution in [-0.2, 0) is 13.1 Å². The van der Waals surface area contributed by atoms with Gasteiger partial charge in [0.15, 0.2) is 17.5 Å². The van der Waals surface area contributed by atoms with Crippen molar-refractivity contribution in [1.29, 1.82) is 0 Å². The topological polar surface area (TPSA) is 49.8 Å². The molecule has 1 heterocycles. The van der Waals surface area contributed by atoms with E-state index in [9.17, 15) is 4.39 Å². The fraction of sp³-hybridized carbons (Fsp3) is 0.412. The van der Waals surface area contributed by atoms with Gasteiger partial charge in [0, 0.05) is 25.5 Å². The first-order valence-corrected chi connectivity index (χ1v) is 8.43. The van der Waals surface area contributed by atoms with Gasteiger partial charge in [0.1, 0.15) is 5.01 Å². The van der Waals surface area contributed by atoms with Crippen molar-refractivity contribution in [3.05, 3.63) is 45.2 Å². The molecule has 0 spiro atoms. The van der Waals surface area contributed by atoms with Crippen molar-refractivity contribution in [2.45, 2.75) is 26.9 Å². The van der Waals surface area contributed by atoms with Gasteiger partial charge < -0.3 is 15.0 Å². The molecule has 1 aromatic heterocycles. The third kappa shape index (κ3) is 5.81. The van der Waals surface area contributed by atoms with E-state index in [1.165, 1.54) is 18.1 Å². The Morgan fingerprint density at radius 2 is 2.12 bits per heavy atom. The third-order valence-corrected chi connectivity index (χ3v) is 4.75. The number of hydrogen-bond acceptors (Lipinski definition) is 4. The fourth-order valence-electron chi connectivity index (χ4n) is 2.31. The van der Waals surface area contributed by atoms with Gasteiger partial charge in [-0.2, -0.15) is 0 Å². The number of methoxy groups -OCH3 is 1. The molecule has 2 rings (SSSR count). The molecule has 1 aromatic carbocycles. The highest BCUT2D eigenvalue weighted by molar-refractivity contribution is 14.0. The number of guanidine groups is 1. The van der Waals surface area contributed by atoms with E-state index >= 15 is 0 Å². The van der Waals surface area contributed by atoms with Crippen molar-refractivity contribution in [3.8, 4) is 5.75 Å². The molecule has 0 aliphatic heterocycles. The SMILES string of the molecule is CN=C(NCc1nc(C)c(C)s1)N(C)Cc1ccc(OC)c(F)c1.I. The van der Waals surface area contributed by atoms with E-state index in [0.29, 0.717) is 13.1 Å². The molecule has 25 heavy (non-hydrogen) atoms. The highest BCUT2D eigenvalue weighted by Gasteiger charge is 2.10. The normalized spacial score (nSPS) is 11.0. The minimum atomic E-state index is -0.361. The Bertz CT molecular complexity index is 716. The molecule has 0 radical (unpaired) electrons. The summed E-state index contributed by atoms with van der Waals surface area (Å²) in [6, 6.07) is 4.96. The molecule has 0 saturated carbocycles. The van der Waals surface area contributed by atoms with Crippen molar-refractivity contribution >= 4 is 41.3 Å². The van der Waals surface area contributed by atoms with Crippen LogP contribution in [0.5, 0.6) is 5.75 Å². The number of nitrogens with zero attached hydrogens (tertiary/aromatic N) is 3. The maximum Gasteiger partial charge on any atom is 0.194 e. The molecule has 2 aromatic rings. The molecule has 0 atom stereocenters. The van der Waals surface area contributed by atoms with Crippen LogP contribution in [0.4, 0.5) is 4.39 Å². The van der Waals surface area contributed by atoms with E-state index in [0.717, 1.165) is 22.2 Å². The Hall–Kier alpha value is -1.42. The smallest absolute Gasteiger partial charge is 0.194 e. The van der Waals surface area contributed by atoms with Gasteiger partial charge in [-0.1, -0.05) is 6.07 Å². The lowest BCUT2D eigenvalue weighted by molar-refractivity contribution is 0.385. The zero-order valence-corrected chi connectivity index (χ0v) is 18.2. The van der Waals surface area contributed by atoms with Crippen molar-refractivity contribution in [3.63, 3.8) is 0 Å². The predicted molar refractivity (Wildman–Crippen MR) is 112 cm³/mol. The first kappa shape index (κ1) is 21.6. The Kier molecular flexibility index (Phi) is 8.57. The summed E-state index contributed by atoms with van der Waals surface area (Å²) < 4.78 is 18.7. The largest absolute Gasteiger partial charge is 0.494 e. The highest BCUT2D eigenvalue weighted by Crippen LogP contribution is 2.19. The molecule has 1 N–H and O–H groups in total. The summed E-state index contributed by atoms with van der Waals surface area (Å²) in [4.78, 5) is 11.9. The van der Waals surface area contributed by atoms with Gasteiger partial charge in [0.05, 0.1) is 19.3 Å². The molecular weight excluding hydrogens is 454 g/mol. The maximum absolute atomic E-state index is 13.8. The number of aromatic nitrogens is 1. The molecule has 5 nitrogen and oxygen atoms in total. The van der Waals surface area contributed by atoms with Crippen LogP contribution < -0.4 is 10.1 Å². The van der Waals surface area contributed by atoms with Gasteiger partial charge in [-0.3, -0.25) is 4.99 Å². The standard InChI is InChI=1S/C17H23FN4OS.HI/c1-11-12(2)24-16(21-11)9-20-17(19-3)22(4)10-13-6-7-15(23-5)14(18)8-13;/h6-8H,9-10H2,1-5H3,(H,19,20);1H. The van der Waals surface area contributed by atoms with Crippen LogP contribution in [0.3, 0.4) is 0 Å². The van der Waals surface area contributed by atoms with Gasteiger partial charge in [0.25, 0.3) is 0 Å². The number of aryl methyl sites for hydroxylation is 2. The minimum Gasteiger partial charge on any atom is -0.494 e. The van der Waals surface area contributed by atoms with Crippen LogP contribution in [0.25, 0.3) is 0 Å². The van der Waals surface area contributed by atoms with Crippen molar-refractivity contribution in [2.24, 2.45) is 4.99 Å². The number of aliphatic imine (C=N–C) groups is 1. The molecule has 0 bridgehead atoms. The molecule has 0 aliphatic rings. The zero-order valence-electron chi connectivity index (χ0n) is 15.1. The van der Waals surface area contributed by atoms with Gasteiger partial charge in [0.2, 0.25) is 0 Å². The molecule has 0 amide bonds. The maximum atomic E-state index is 13.8. The van der Waals surface area contributed by atoms with E-state index in [4.69, 9.17) is 4.74 Å². The number of thiazole rings is 1. The third-order valence-electron chi connectivity index (χ3n) is 3.68. The van der Waals surface area contributed by atoms with Crippen LogP contribution in [0.1, 0.15) is 21.1 Å². The first-order valence-electron chi connectivity index (χ1n) is 7.61. The number of benzene rings is 1. The Labute approximate surface area is 169 Å².